The van der Waals surface area contributed by atoms with E-state index >= 15 is 0 Å². The molecule has 7 aromatic carbocycles. The Morgan fingerprint density at radius 3 is 1.60 bits per heavy atom. The van der Waals surface area contributed by atoms with Crippen LogP contribution < -0.4 is 4.90 Å². The van der Waals surface area contributed by atoms with E-state index in [2.05, 4.69) is 188 Å². The van der Waals surface area contributed by atoms with Gasteiger partial charge in [-0.3, -0.25) is 0 Å². The summed E-state index contributed by atoms with van der Waals surface area (Å²) in [6.45, 7) is 4.17. The number of anilines is 3. The standard InChI is InChI=1S/C44H35N/c1-3-5-8-17-32(4-2)43-39-22-13-15-24-41(39)44(42-25-16-14-23-40(42)43)35-27-26-34-31-38(29-28-33(34)30-35)45(36-18-9-6-10-19-36)37-20-11-7-12-21-37/h3-31H,1-2H3/b5-3?,17-8-,32-4+. The highest BCUT2D eigenvalue weighted by Crippen LogP contribution is 2.43. The number of hydrogen-bond donors (Lipinski definition) is 0. The Labute approximate surface area is 265 Å². The van der Waals surface area contributed by atoms with Crippen molar-refractivity contribution < 1.29 is 0 Å². The Hall–Kier alpha value is -5.66. The van der Waals surface area contributed by atoms with Crippen LogP contribution in [0.2, 0.25) is 0 Å². The molecule has 0 unspecified atom stereocenters. The van der Waals surface area contributed by atoms with Gasteiger partial charge in [0.1, 0.15) is 0 Å². The molecule has 1 nitrogen and oxygen atoms in total. The fraction of sp³-hybridized carbons (Fsp3) is 0.0455. The number of fused-ring (bicyclic) bond motifs is 3. The molecule has 0 atom stereocenters. The van der Waals surface area contributed by atoms with Gasteiger partial charge in [0.2, 0.25) is 0 Å². The number of allylic oxidation sites excluding steroid dienone is 6. The van der Waals surface area contributed by atoms with E-state index < -0.39 is 0 Å². The number of nitrogens with zero attached hydrogens (tertiary/aromatic N) is 1. The predicted molar refractivity (Wildman–Crippen MR) is 197 cm³/mol. The molecule has 0 aliphatic rings. The Morgan fingerprint density at radius 2 is 1.02 bits per heavy atom. The molecule has 0 amide bonds. The predicted octanol–water partition coefficient (Wildman–Crippen LogP) is 12.8. The van der Waals surface area contributed by atoms with Crippen LogP contribution in [0.15, 0.2) is 176 Å². The number of para-hydroxylation sites is 2. The molecule has 0 aromatic heterocycles. The lowest BCUT2D eigenvalue weighted by atomic mass is 9.85. The van der Waals surface area contributed by atoms with Crippen LogP contribution >= 0.6 is 0 Å². The first-order valence-corrected chi connectivity index (χ1v) is 15.6. The van der Waals surface area contributed by atoms with Gasteiger partial charge in [0.15, 0.2) is 0 Å². The van der Waals surface area contributed by atoms with Gasteiger partial charge in [0.25, 0.3) is 0 Å². The molecular formula is C44H35N. The summed E-state index contributed by atoms with van der Waals surface area (Å²) in [7, 11) is 0. The summed E-state index contributed by atoms with van der Waals surface area (Å²) in [5.41, 5.74) is 8.41. The van der Waals surface area contributed by atoms with Crippen LogP contribution in [-0.4, -0.2) is 0 Å². The van der Waals surface area contributed by atoms with Gasteiger partial charge in [0.05, 0.1) is 0 Å². The fourth-order valence-electron chi connectivity index (χ4n) is 6.47. The van der Waals surface area contributed by atoms with Gasteiger partial charge in [-0.1, -0.05) is 134 Å². The first-order valence-electron chi connectivity index (χ1n) is 15.6. The van der Waals surface area contributed by atoms with Crippen molar-refractivity contribution in [3.63, 3.8) is 0 Å². The van der Waals surface area contributed by atoms with E-state index in [4.69, 9.17) is 0 Å². The van der Waals surface area contributed by atoms with Crippen LogP contribution in [0.1, 0.15) is 19.4 Å². The molecule has 0 aliphatic heterocycles. The summed E-state index contributed by atoms with van der Waals surface area (Å²) in [5.74, 6) is 0. The van der Waals surface area contributed by atoms with E-state index in [1.54, 1.807) is 0 Å². The molecule has 0 spiro atoms. The molecule has 216 valence electrons. The number of benzene rings is 7. The third kappa shape index (κ3) is 5.34. The SMILES string of the molecule is CC=C/C=C\C(=C/C)c1c2ccccc2c(-c2ccc3cc(N(c4ccccc4)c4ccccc4)ccc3c2)c2ccccc12. The molecule has 0 radical (unpaired) electrons. The Morgan fingerprint density at radius 1 is 0.489 bits per heavy atom. The van der Waals surface area contributed by atoms with Gasteiger partial charge < -0.3 is 4.90 Å². The second kappa shape index (κ2) is 12.5. The quantitative estimate of drug-likeness (QED) is 0.135. The van der Waals surface area contributed by atoms with E-state index in [9.17, 15) is 0 Å². The Kier molecular flexibility index (Phi) is 7.83. The van der Waals surface area contributed by atoms with Gasteiger partial charge >= 0.3 is 0 Å². The van der Waals surface area contributed by atoms with Crippen molar-refractivity contribution in [3.8, 4) is 11.1 Å². The van der Waals surface area contributed by atoms with Crippen LogP contribution in [0.3, 0.4) is 0 Å². The summed E-state index contributed by atoms with van der Waals surface area (Å²) in [6, 6.07) is 52.6. The van der Waals surface area contributed by atoms with Crippen LogP contribution in [0.5, 0.6) is 0 Å². The van der Waals surface area contributed by atoms with Crippen molar-refractivity contribution in [2.24, 2.45) is 0 Å². The molecule has 0 saturated carbocycles. The summed E-state index contributed by atoms with van der Waals surface area (Å²) in [5, 5.41) is 7.49. The minimum Gasteiger partial charge on any atom is -0.310 e. The van der Waals surface area contributed by atoms with E-state index in [0.717, 1.165) is 17.1 Å². The van der Waals surface area contributed by atoms with Crippen molar-refractivity contribution in [3.05, 3.63) is 182 Å². The van der Waals surface area contributed by atoms with Crippen molar-refractivity contribution in [1.82, 2.24) is 0 Å². The number of rotatable bonds is 7. The van der Waals surface area contributed by atoms with Crippen LogP contribution in [0.4, 0.5) is 17.1 Å². The minimum absolute atomic E-state index is 1.14. The second-order valence-electron chi connectivity index (χ2n) is 11.2. The van der Waals surface area contributed by atoms with Gasteiger partial charge in [-0.15, -0.1) is 0 Å². The molecule has 0 aliphatic carbocycles. The molecule has 0 bridgehead atoms. The molecule has 7 aromatic rings. The highest BCUT2D eigenvalue weighted by atomic mass is 15.1. The first kappa shape index (κ1) is 28.1. The maximum atomic E-state index is 2.35. The summed E-state index contributed by atoms with van der Waals surface area (Å²) in [6.07, 6.45) is 10.7. The lowest BCUT2D eigenvalue weighted by Gasteiger charge is -2.25. The van der Waals surface area contributed by atoms with Gasteiger partial charge in [-0.2, -0.15) is 0 Å². The fourth-order valence-corrected chi connectivity index (χ4v) is 6.47. The molecular weight excluding hydrogens is 542 g/mol. The Balaban J connectivity index is 1.40. The molecule has 0 N–H and O–H groups in total. The Bertz CT molecular complexity index is 2120. The minimum atomic E-state index is 1.14. The van der Waals surface area contributed by atoms with Crippen LogP contribution in [0, 0.1) is 0 Å². The van der Waals surface area contributed by atoms with Crippen LogP contribution in [-0.2, 0) is 0 Å². The van der Waals surface area contributed by atoms with E-state index in [-0.39, 0.29) is 0 Å². The molecule has 0 heterocycles. The highest BCUT2D eigenvalue weighted by Gasteiger charge is 2.17. The highest BCUT2D eigenvalue weighted by molar-refractivity contribution is 6.19. The topological polar surface area (TPSA) is 3.24 Å². The average molecular weight is 578 g/mol. The zero-order valence-electron chi connectivity index (χ0n) is 25.7. The van der Waals surface area contributed by atoms with Crippen molar-refractivity contribution in [2.75, 3.05) is 4.90 Å². The van der Waals surface area contributed by atoms with Gasteiger partial charge in [0, 0.05) is 17.1 Å². The van der Waals surface area contributed by atoms with E-state index in [0.29, 0.717) is 0 Å². The molecule has 0 fully saturated rings. The molecule has 0 saturated heterocycles. The maximum absolute atomic E-state index is 2.35. The summed E-state index contributed by atoms with van der Waals surface area (Å²) < 4.78 is 0. The average Bonchev–Trinajstić information content (AvgIpc) is 3.10. The van der Waals surface area contributed by atoms with E-state index in [1.807, 2.05) is 6.92 Å². The summed E-state index contributed by atoms with van der Waals surface area (Å²) in [4.78, 5) is 2.32. The second-order valence-corrected chi connectivity index (χ2v) is 11.2. The van der Waals surface area contributed by atoms with Gasteiger partial charge in [-0.25, -0.2) is 0 Å². The first-order chi connectivity index (χ1) is 22.3. The number of hydrogen-bond acceptors (Lipinski definition) is 1. The monoisotopic (exact) mass is 577 g/mol. The lowest BCUT2D eigenvalue weighted by Crippen LogP contribution is -2.09. The molecule has 45 heavy (non-hydrogen) atoms. The molecule has 7 rings (SSSR count). The van der Waals surface area contributed by atoms with Gasteiger partial charge in [-0.05, 0) is 111 Å². The normalized spacial score (nSPS) is 12.2. The maximum Gasteiger partial charge on any atom is 0.0468 e. The van der Waals surface area contributed by atoms with Crippen LogP contribution in [0.25, 0.3) is 49.0 Å². The zero-order valence-corrected chi connectivity index (χ0v) is 25.7. The molecule has 1 heteroatoms. The third-order valence-electron chi connectivity index (χ3n) is 8.51. The third-order valence-corrected chi connectivity index (χ3v) is 8.51. The zero-order chi connectivity index (χ0) is 30.6. The van der Waals surface area contributed by atoms with E-state index in [1.165, 1.54) is 54.6 Å². The lowest BCUT2D eigenvalue weighted by molar-refractivity contribution is 1.29. The summed E-state index contributed by atoms with van der Waals surface area (Å²) >= 11 is 0. The van der Waals surface area contributed by atoms with Crippen molar-refractivity contribution >= 4 is 55.0 Å². The van der Waals surface area contributed by atoms with Crippen molar-refractivity contribution in [2.45, 2.75) is 13.8 Å². The van der Waals surface area contributed by atoms with Crippen molar-refractivity contribution in [1.29, 1.82) is 0 Å². The largest absolute Gasteiger partial charge is 0.310 e. The smallest absolute Gasteiger partial charge is 0.0468 e.